The first kappa shape index (κ1) is 16.9. The van der Waals surface area contributed by atoms with Crippen LogP contribution in [0, 0.1) is 0 Å². The topological polar surface area (TPSA) is 62.4 Å². The number of aliphatic hydroxyl groups excluding tert-OH is 1. The fourth-order valence-electron chi connectivity index (χ4n) is 3.77. The van der Waals surface area contributed by atoms with E-state index in [2.05, 4.69) is 51.4 Å². The minimum Gasteiger partial charge on any atom is -0.395 e. The molecule has 0 bridgehead atoms. The average Bonchev–Trinajstić information content (AvgIpc) is 3.29. The van der Waals surface area contributed by atoms with Crippen molar-refractivity contribution in [2.45, 2.75) is 31.8 Å². The van der Waals surface area contributed by atoms with E-state index in [1.807, 2.05) is 18.2 Å². The van der Waals surface area contributed by atoms with E-state index in [1.165, 1.54) is 11.1 Å². The summed E-state index contributed by atoms with van der Waals surface area (Å²) in [5.41, 5.74) is 3.91. The van der Waals surface area contributed by atoms with Gasteiger partial charge in [-0.15, -0.1) is 0 Å². The SMILES string of the molecule is OCCN(Cc1nc(Cc2ccccc2)no1)C1CCc2ccccc21. The summed E-state index contributed by atoms with van der Waals surface area (Å²) in [4.78, 5) is 6.80. The minimum atomic E-state index is 0.115. The Bertz CT molecular complexity index is 847. The Balaban J connectivity index is 1.48. The summed E-state index contributed by atoms with van der Waals surface area (Å²) in [6.07, 6.45) is 2.80. The molecule has 1 aliphatic rings. The predicted molar refractivity (Wildman–Crippen MR) is 98.5 cm³/mol. The monoisotopic (exact) mass is 349 g/mol. The first-order valence-corrected chi connectivity index (χ1v) is 9.11. The zero-order valence-electron chi connectivity index (χ0n) is 14.7. The van der Waals surface area contributed by atoms with Crippen LogP contribution in [0.1, 0.15) is 40.9 Å². The predicted octanol–water partition coefficient (Wildman–Crippen LogP) is 3.14. The standard InChI is InChI=1S/C21H23N3O2/c25-13-12-24(19-11-10-17-8-4-5-9-18(17)19)15-21-22-20(23-26-21)14-16-6-2-1-3-7-16/h1-9,19,25H,10-15H2. The molecule has 1 aliphatic carbocycles. The van der Waals surface area contributed by atoms with Gasteiger partial charge >= 0.3 is 0 Å². The van der Waals surface area contributed by atoms with Gasteiger partial charge in [0.1, 0.15) is 0 Å². The molecule has 1 atom stereocenters. The van der Waals surface area contributed by atoms with Crippen LogP contribution in [0.2, 0.25) is 0 Å². The molecule has 0 saturated carbocycles. The van der Waals surface area contributed by atoms with Crippen molar-refractivity contribution in [3.63, 3.8) is 0 Å². The second-order valence-electron chi connectivity index (χ2n) is 6.71. The van der Waals surface area contributed by atoms with Crippen LogP contribution in [0.15, 0.2) is 59.1 Å². The minimum absolute atomic E-state index is 0.115. The van der Waals surface area contributed by atoms with Crippen LogP contribution in [0.3, 0.4) is 0 Å². The number of aliphatic hydroxyl groups is 1. The van der Waals surface area contributed by atoms with Crippen molar-refractivity contribution in [1.82, 2.24) is 15.0 Å². The number of hydrogen-bond acceptors (Lipinski definition) is 5. The molecule has 3 aromatic rings. The fourth-order valence-corrected chi connectivity index (χ4v) is 3.77. The van der Waals surface area contributed by atoms with Crippen LogP contribution in [0.4, 0.5) is 0 Å². The molecule has 1 unspecified atom stereocenters. The lowest BCUT2D eigenvalue weighted by Gasteiger charge is -2.27. The maximum Gasteiger partial charge on any atom is 0.240 e. The Morgan fingerprint density at radius 1 is 1.08 bits per heavy atom. The normalized spacial score (nSPS) is 16.2. The van der Waals surface area contributed by atoms with Crippen LogP contribution in [0.25, 0.3) is 0 Å². The number of aryl methyl sites for hydroxylation is 1. The van der Waals surface area contributed by atoms with Gasteiger partial charge in [0.05, 0.1) is 13.2 Å². The van der Waals surface area contributed by atoms with Crippen molar-refractivity contribution >= 4 is 0 Å². The second-order valence-corrected chi connectivity index (χ2v) is 6.71. The summed E-state index contributed by atoms with van der Waals surface area (Å²) >= 11 is 0. The number of benzene rings is 2. The van der Waals surface area contributed by atoms with Gasteiger partial charge in [0, 0.05) is 19.0 Å². The van der Waals surface area contributed by atoms with E-state index >= 15 is 0 Å². The highest BCUT2D eigenvalue weighted by Gasteiger charge is 2.28. The summed E-state index contributed by atoms with van der Waals surface area (Å²) in [5, 5.41) is 13.6. The summed E-state index contributed by atoms with van der Waals surface area (Å²) < 4.78 is 5.48. The van der Waals surface area contributed by atoms with Crippen LogP contribution in [0.5, 0.6) is 0 Å². The van der Waals surface area contributed by atoms with Crippen molar-refractivity contribution in [2.24, 2.45) is 0 Å². The van der Waals surface area contributed by atoms with Gasteiger partial charge in [-0.05, 0) is 29.5 Å². The largest absolute Gasteiger partial charge is 0.395 e. The van der Waals surface area contributed by atoms with Gasteiger partial charge in [-0.2, -0.15) is 4.98 Å². The highest BCUT2D eigenvalue weighted by atomic mass is 16.5. The molecule has 1 heterocycles. The van der Waals surface area contributed by atoms with Crippen molar-refractivity contribution in [3.8, 4) is 0 Å². The summed E-state index contributed by atoms with van der Waals surface area (Å²) in [5.74, 6) is 1.30. The molecule has 0 saturated heterocycles. The van der Waals surface area contributed by atoms with E-state index in [0.717, 1.165) is 18.4 Å². The van der Waals surface area contributed by atoms with Crippen LogP contribution < -0.4 is 0 Å². The third kappa shape index (κ3) is 3.69. The Morgan fingerprint density at radius 2 is 1.88 bits per heavy atom. The van der Waals surface area contributed by atoms with E-state index in [-0.39, 0.29) is 6.61 Å². The molecular weight excluding hydrogens is 326 g/mol. The Morgan fingerprint density at radius 3 is 2.73 bits per heavy atom. The molecule has 0 spiro atoms. The van der Waals surface area contributed by atoms with Crippen molar-refractivity contribution in [2.75, 3.05) is 13.2 Å². The highest BCUT2D eigenvalue weighted by molar-refractivity contribution is 5.34. The lowest BCUT2D eigenvalue weighted by molar-refractivity contribution is 0.128. The van der Waals surface area contributed by atoms with E-state index < -0.39 is 0 Å². The number of aromatic nitrogens is 2. The molecular formula is C21H23N3O2. The molecule has 0 amide bonds. The van der Waals surface area contributed by atoms with E-state index in [0.29, 0.717) is 37.3 Å². The quantitative estimate of drug-likeness (QED) is 0.710. The van der Waals surface area contributed by atoms with Crippen LogP contribution >= 0.6 is 0 Å². The van der Waals surface area contributed by atoms with Gasteiger partial charge in [0.15, 0.2) is 5.82 Å². The average molecular weight is 349 g/mol. The van der Waals surface area contributed by atoms with Gasteiger partial charge < -0.3 is 9.63 Å². The lowest BCUT2D eigenvalue weighted by Crippen LogP contribution is -2.30. The molecule has 134 valence electrons. The summed E-state index contributed by atoms with van der Waals surface area (Å²) in [6.45, 7) is 1.26. The lowest BCUT2D eigenvalue weighted by atomic mass is 10.1. The van der Waals surface area contributed by atoms with Crippen molar-refractivity contribution in [1.29, 1.82) is 0 Å². The maximum atomic E-state index is 9.51. The number of fused-ring (bicyclic) bond motifs is 1. The maximum absolute atomic E-state index is 9.51. The molecule has 26 heavy (non-hydrogen) atoms. The summed E-state index contributed by atoms with van der Waals surface area (Å²) in [7, 11) is 0. The molecule has 0 radical (unpaired) electrons. The van der Waals surface area contributed by atoms with E-state index in [1.54, 1.807) is 0 Å². The third-order valence-corrected chi connectivity index (χ3v) is 4.98. The zero-order valence-corrected chi connectivity index (χ0v) is 14.7. The van der Waals surface area contributed by atoms with E-state index in [9.17, 15) is 5.11 Å². The number of hydrogen-bond donors (Lipinski definition) is 1. The molecule has 0 aliphatic heterocycles. The van der Waals surface area contributed by atoms with Gasteiger partial charge in [-0.25, -0.2) is 0 Å². The van der Waals surface area contributed by atoms with Crippen LogP contribution in [-0.4, -0.2) is 33.3 Å². The first-order chi connectivity index (χ1) is 12.8. The highest BCUT2D eigenvalue weighted by Crippen LogP contribution is 2.36. The Kier molecular flexibility index (Phi) is 5.09. The number of nitrogens with zero attached hydrogens (tertiary/aromatic N) is 3. The smallest absolute Gasteiger partial charge is 0.240 e. The van der Waals surface area contributed by atoms with Crippen LogP contribution in [-0.2, 0) is 19.4 Å². The molecule has 2 aromatic carbocycles. The Hall–Kier alpha value is -2.50. The molecule has 0 fully saturated rings. The molecule has 5 nitrogen and oxygen atoms in total. The number of rotatable bonds is 7. The summed E-state index contributed by atoms with van der Waals surface area (Å²) in [6, 6.07) is 19.0. The molecule has 5 heteroatoms. The first-order valence-electron chi connectivity index (χ1n) is 9.11. The van der Waals surface area contributed by atoms with E-state index in [4.69, 9.17) is 4.52 Å². The van der Waals surface area contributed by atoms with Crippen molar-refractivity contribution < 1.29 is 9.63 Å². The molecule has 4 rings (SSSR count). The van der Waals surface area contributed by atoms with Crippen molar-refractivity contribution in [3.05, 3.63) is 83.0 Å². The molecule has 1 aromatic heterocycles. The third-order valence-electron chi connectivity index (χ3n) is 4.98. The Labute approximate surface area is 153 Å². The van der Waals surface area contributed by atoms with Gasteiger partial charge in [-0.1, -0.05) is 59.8 Å². The fraction of sp³-hybridized carbons (Fsp3) is 0.333. The second kappa shape index (κ2) is 7.81. The zero-order chi connectivity index (χ0) is 17.8. The van der Waals surface area contributed by atoms with Gasteiger partial charge in [0.25, 0.3) is 0 Å². The molecule has 1 N–H and O–H groups in total. The van der Waals surface area contributed by atoms with Gasteiger partial charge in [0.2, 0.25) is 5.89 Å². The van der Waals surface area contributed by atoms with Gasteiger partial charge in [-0.3, -0.25) is 4.90 Å².